The van der Waals surface area contributed by atoms with E-state index in [2.05, 4.69) is 12.2 Å². The lowest BCUT2D eigenvalue weighted by Crippen LogP contribution is -2.37. The van der Waals surface area contributed by atoms with Gasteiger partial charge in [0, 0.05) is 6.04 Å². The zero-order valence-electron chi connectivity index (χ0n) is 15.2. The Bertz CT molecular complexity index is 859. The summed E-state index contributed by atoms with van der Waals surface area (Å²) < 4.78 is 30.5. The van der Waals surface area contributed by atoms with E-state index in [4.69, 9.17) is 4.42 Å². The second-order valence-corrected chi connectivity index (χ2v) is 9.26. The van der Waals surface area contributed by atoms with Gasteiger partial charge in [-0.25, -0.2) is 8.42 Å². The van der Waals surface area contributed by atoms with E-state index in [1.165, 1.54) is 0 Å². The Morgan fingerprint density at radius 3 is 2.38 bits per heavy atom. The molecule has 5 nitrogen and oxygen atoms in total. The van der Waals surface area contributed by atoms with Gasteiger partial charge in [0.1, 0.15) is 11.5 Å². The van der Waals surface area contributed by atoms with Gasteiger partial charge in [0.15, 0.2) is 15.6 Å². The highest BCUT2D eigenvalue weighted by Gasteiger charge is 2.23. The first kappa shape index (κ1) is 18.7. The summed E-state index contributed by atoms with van der Waals surface area (Å²) in [6.07, 6.45) is 4.18. The van der Waals surface area contributed by atoms with Gasteiger partial charge >= 0.3 is 0 Å². The van der Waals surface area contributed by atoms with Crippen LogP contribution in [0.25, 0.3) is 0 Å². The van der Waals surface area contributed by atoms with Crippen LogP contribution >= 0.6 is 0 Å². The third-order valence-corrected chi connectivity index (χ3v) is 6.60. The molecule has 6 heteroatoms. The molecule has 0 saturated heterocycles. The zero-order valence-corrected chi connectivity index (χ0v) is 16.0. The molecule has 1 aromatic heterocycles. The molecular formula is C20H25NO4S. The van der Waals surface area contributed by atoms with Gasteiger partial charge in [-0.3, -0.25) is 4.79 Å². The lowest BCUT2D eigenvalue weighted by atomic mass is 9.87. The first-order valence-electron chi connectivity index (χ1n) is 9.02. The van der Waals surface area contributed by atoms with Gasteiger partial charge in [0.2, 0.25) is 0 Å². The van der Waals surface area contributed by atoms with E-state index >= 15 is 0 Å². The number of amides is 1. The molecule has 0 spiro atoms. The van der Waals surface area contributed by atoms with Crippen molar-refractivity contribution in [1.29, 1.82) is 0 Å². The Hall–Kier alpha value is -2.08. The van der Waals surface area contributed by atoms with Crippen LogP contribution in [0.15, 0.2) is 45.7 Å². The summed E-state index contributed by atoms with van der Waals surface area (Å²) in [4.78, 5) is 12.6. The molecule has 1 aliphatic rings. The molecule has 1 aliphatic carbocycles. The van der Waals surface area contributed by atoms with Crippen LogP contribution in [0, 0.1) is 12.8 Å². The fourth-order valence-corrected chi connectivity index (χ4v) is 4.50. The van der Waals surface area contributed by atoms with Gasteiger partial charge < -0.3 is 9.73 Å². The van der Waals surface area contributed by atoms with E-state index < -0.39 is 9.84 Å². The Balaban J connectivity index is 1.64. The van der Waals surface area contributed by atoms with Gasteiger partial charge in [0.25, 0.3) is 5.91 Å². The lowest BCUT2D eigenvalue weighted by Gasteiger charge is -2.26. The molecule has 1 saturated carbocycles. The van der Waals surface area contributed by atoms with Gasteiger partial charge in [0.05, 0.1) is 4.90 Å². The number of furan rings is 1. The molecule has 2 aromatic rings. The van der Waals surface area contributed by atoms with Crippen molar-refractivity contribution in [2.45, 2.75) is 56.2 Å². The van der Waals surface area contributed by atoms with E-state index in [0.717, 1.165) is 31.2 Å². The van der Waals surface area contributed by atoms with Crippen LogP contribution in [-0.2, 0) is 15.6 Å². The van der Waals surface area contributed by atoms with Gasteiger partial charge in [-0.15, -0.1) is 0 Å². The van der Waals surface area contributed by atoms with Crippen LogP contribution in [0.3, 0.4) is 0 Å². The summed E-state index contributed by atoms with van der Waals surface area (Å²) in [7, 11) is -3.50. The Morgan fingerprint density at radius 2 is 1.73 bits per heavy atom. The quantitative estimate of drug-likeness (QED) is 0.861. The van der Waals surface area contributed by atoms with Crippen molar-refractivity contribution in [3.05, 3.63) is 53.5 Å². The van der Waals surface area contributed by atoms with E-state index in [1.54, 1.807) is 36.4 Å². The van der Waals surface area contributed by atoms with Crippen molar-refractivity contribution in [1.82, 2.24) is 5.32 Å². The van der Waals surface area contributed by atoms with E-state index in [0.29, 0.717) is 5.92 Å². The molecule has 3 rings (SSSR count). The molecule has 0 atom stereocenters. The van der Waals surface area contributed by atoms with Crippen molar-refractivity contribution in [2.75, 3.05) is 0 Å². The minimum absolute atomic E-state index is 0.165. The van der Waals surface area contributed by atoms with Gasteiger partial charge in [-0.1, -0.05) is 24.6 Å². The number of rotatable bonds is 5. The van der Waals surface area contributed by atoms with E-state index in [1.807, 2.05) is 6.92 Å². The molecule has 0 bridgehead atoms. The summed E-state index contributed by atoms with van der Waals surface area (Å²) in [6.45, 7) is 4.13. The lowest BCUT2D eigenvalue weighted by molar-refractivity contribution is 0.0893. The van der Waals surface area contributed by atoms with E-state index in [9.17, 15) is 13.2 Å². The normalized spacial score (nSPS) is 20.7. The summed E-state index contributed by atoms with van der Waals surface area (Å²) in [5.74, 6) is 0.615. The number of nitrogens with one attached hydrogen (secondary N) is 1. The number of sulfone groups is 1. The molecule has 0 radical (unpaired) electrons. The smallest absolute Gasteiger partial charge is 0.287 e. The molecule has 1 fully saturated rings. The molecule has 1 heterocycles. The van der Waals surface area contributed by atoms with Crippen LogP contribution in [0.4, 0.5) is 0 Å². The molecule has 1 N–H and O–H groups in total. The number of hydrogen-bond donors (Lipinski definition) is 1. The highest BCUT2D eigenvalue weighted by Crippen LogP contribution is 2.24. The summed E-state index contributed by atoms with van der Waals surface area (Å²) in [6, 6.07) is 9.97. The first-order valence-corrected chi connectivity index (χ1v) is 10.7. The van der Waals surface area contributed by atoms with Crippen LogP contribution in [-0.4, -0.2) is 20.4 Å². The number of carbonyl (C=O) groups is 1. The molecule has 0 unspecified atom stereocenters. The third-order valence-electron chi connectivity index (χ3n) is 4.95. The van der Waals surface area contributed by atoms with Crippen molar-refractivity contribution in [3.8, 4) is 0 Å². The van der Waals surface area contributed by atoms with E-state index in [-0.39, 0.29) is 34.1 Å². The van der Waals surface area contributed by atoms with Crippen molar-refractivity contribution >= 4 is 15.7 Å². The number of aryl methyl sites for hydroxylation is 1. The maximum atomic E-state index is 12.5. The zero-order chi connectivity index (χ0) is 18.7. The average Bonchev–Trinajstić information content (AvgIpc) is 3.05. The SMILES string of the molecule is Cc1ccc(S(=O)(=O)Cc2ccc(C(=O)NC3CCC(C)CC3)o2)cc1. The molecule has 140 valence electrons. The average molecular weight is 375 g/mol. The maximum Gasteiger partial charge on any atom is 0.287 e. The Labute approximate surface area is 154 Å². The number of carbonyl (C=O) groups excluding carboxylic acids is 1. The highest BCUT2D eigenvalue weighted by atomic mass is 32.2. The fraction of sp³-hybridized carbons (Fsp3) is 0.450. The Morgan fingerprint density at radius 1 is 1.08 bits per heavy atom. The molecule has 26 heavy (non-hydrogen) atoms. The largest absolute Gasteiger partial charge is 0.455 e. The van der Waals surface area contributed by atoms with Crippen molar-refractivity contribution < 1.29 is 17.6 Å². The highest BCUT2D eigenvalue weighted by molar-refractivity contribution is 7.90. The minimum Gasteiger partial charge on any atom is -0.455 e. The summed E-state index contributed by atoms with van der Waals surface area (Å²) in [5, 5.41) is 2.99. The molecule has 1 amide bonds. The van der Waals surface area contributed by atoms with Crippen LogP contribution < -0.4 is 5.32 Å². The predicted octanol–water partition coefficient (Wildman–Crippen LogP) is 3.87. The van der Waals surface area contributed by atoms with Crippen LogP contribution in [0.5, 0.6) is 0 Å². The first-order chi connectivity index (χ1) is 12.3. The molecule has 1 aromatic carbocycles. The maximum absolute atomic E-state index is 12.5. The van der Waals surface area contributed by atoms with Gasteiger partial charge in [-0.05, 0) is 62.8 Å². The Kier molecular flexibility index (Phi) is 5.51. The minimum atomic E-state index is -3.50. The van der Waals surface area contributed by atoms with Crippen LogP contribution in [0.1, 0.15) is 54.5 Å². The number of benzene rings is 1. The molecular weight excluding hydrogens is 350 g/mol. The van der Waals surface area contributed by atoms with Crippen molar-refractivity contribution in [3.63, 3.8) is 0 Å². The third kappa shape index (κ3) is 4.55. The van der Waals surface area contributed by atoms with Crippen molar-refractivity contribution in [2.24, 2.45) is 5.92 Å². The predicted molar refractivity (Wildman–Crippen MR) is 99.7 cm³/mol. The van der Waals surface area contributed by atoms with Crippen LogP contribution in [0.2, 0.25) is 0 Å². The second-order valence-electron chi connectivity index (χ2n) is 7.27. The topological polar surface area (TPSA) is 76.4 Å². The fourth-order valence-electron chi connectivity index (χ4n) is 3.25. The number of hydrogen-bond acceptors (Lipinski definition) is 4. The van der Waals surface area contributed by atoms with Gasteiger partial charge in [-0.2, -0.15) is 0 Å². The second kappa shape index (κ2) is 7.66. The standard InChI is InChI=1S/C20H25NO4S/c1-14-3-7-16(8-4-14)21-20(22)19-12-9-17(25-19)13-26(23,24)18-10-5-15(2)6-11-18/h5-6,9-12,14,16H,3-4,7-8,13H2,1-2H3,(H,21,22). The summed E-state index contributed by atoms with van der Waals surface area (Å²) in [5.41, 5.74) is 0.998. The monoisotopic (exact) mass is 375 g/mol. The summed E-state index contributed by atoms with van der Waals surface area (Å²) >= 11 is 0. The molecule has 0 aliphatic heterocycles.